The molecule has 0 aliphatic heterocycles. The molecular formula is C10H11N3O2. The van der Waals surface area contributed by atoms with Crippen molar-refractivity contribution in [1.82, 2.24) is 14.6 Å². The van der Waals surface area contributed by atoms with Crippen molar-refractivity contribution in [3.8, 4) is 0 Å². The van der Waals surface area contributed by atoms with Gasteiger partial charge in [-0.15, -0.1) is 0 Å². The van der Waals surface area contributed by atoms with Crippen LogP contribution in [0.25, 0.3) is 5.65 Å². The first-order valence-electron chi connectivity index (χ1n) is 4.55. The third-order valence-corrected chi connectivity index (χ3v) is 2.49. The van der Waals surface area contributed by atoms with Crippen molar-refractivity contribution >= 4 is 11.6 Å². The number of carbonyl (C=O) groups is 1. The Hall–Kier alpha value is -1.91. The van der Waals surface area contributed by atoms with Crippen LogP contribution >= 0.6 is 0 Å². The van der Waals surface area contributed by atoms with E-state index in [9.17, 15) is 4.79 Å². The monoisotopic (exact) mass is 205 g/mol. The van der Waals surface area contributed by atoms with Crippen LogP contribution in [-0.4, -0.2) is 25.7 Å². The summed E-state index contributed by atoms with van der Waals surface area (Å²) < 4.78 is 1.57. The quantitative estimate of drug-likeness (QED) is 0.796. The van der Waals surface area contributed by atoms with E-state index in [2.05, 4.69) is 10.1 Å². The summed E-state index contributed by atoms with van der Waals surface area (Å²) in [6.07, 6.45) is 4.92. The molecule has 5 nitrogen and oxygen atoms in total. The molecule has 0 radical (unpaired) electrons. The Bertz CT molecular complexity index is 516. The first kappa shape index (κ1) is 9.64. The molecule has 2 heterocycles. The number of hydrogen-bond acceptors (Lipinski definition) is 3. The predicted octanol–water partition coefficient (Wildman–Crippen LogP) is 1.09. The van der Waals surface area contributed by atoms with Gasteiger partial charge >= 0.3 is 5.97 Å². The van der Waals surface area contributed by atoms with Gasteiger partial charge in [-0.05, 0) is 19.9 Å². The van der Waals surface area contributed by atoms with E-state index < -0.39 is 11.4 Å². The van der Waals surface area contributed by atoms with Gasteiger partial charge in [0.15, 0.2) is 5.65 Å². The van der Waals surface area contributed by atoms with Gasteiger partial charge in [-0.1, -0.05) is 0 Å². The van der Waals surface area contributed by atoms with Crippen molar-refractivity contribution in [2.45, 2.75) is 19.3 Å². The van der Waals surface area contributed by atoms with Gasteiger partial charge in [0.25, 0.3) is 0 Å². The topological polar surface area (TPSA) is 67.5 Å². The van der Waals surface area contributed by atoms with Crippen molar-refractivity contribution in [3.05, 3.63) is 30.2 Å². The highest BCUT2D eigenvalue weighted by molar-refractivity contribution is 5.82. The van der Waals surface area contributed by atoms with Crippen molar-refractivity contribution in [2.24, 2.45) is 0 Å². The van der Waals surface area contributed by atoms with Crippen molar-refractivity contribution in [1.29, 1.82) is 0 Å². The maximum Gasteiger partial charge on any atom is 0.313 e. The van der Waals surface area contributed by atoms with Crippen molar-refractivity contribution in [3.63, 3.8) is 0 Å². The zero-order valence-corrected chi connectivity index (χ0v) is 8.51. The normalized spacial score (nSPS) is 11.9. The van der Waals surface area contributed by atoms with Crippen LogP contribution in [0.1, 0.15) is 19.4 Å². The summed E-state index contributed by atoms with van der Waals surface area (Å²) in [7, 11) is 0. The zero-order valence-electron chi connectivity index (χ0n) is 8.51. The Morgan fingerprint density at radius 3 is 2.93 bits per heavy atom. The molecule has 0 saturated carbocycles. The molecule has 0 atom stereocenters. The van der Waals surface area contributed by atoms with E-state index in [0.29, 0.717) is 11.2 Å². The Morgan fingerprint density at radius 2 is 2.27 bits per heavy atom. The highest BCUT2D eigenvalue weighted by Crippen LogP contribution is 2.25. The van der Waals surface area contributed by atoms with Gasteiger partial charge in [-0.2, -0.15) is 5.10 Å². The summed E-state index contributed by atoms with van der Waals surface area (Å²) in [5.41, 5.74) is 0.233. The van der Waals surface area contributed by atoms with Crippen molar-refractivity contribution in [2.75, 3.05) is 0 Å². The SMILES string of the molecule is CC(C)(C(=O)O)c1cnn2cccnc12. The Balaban J connectivity index is 2.67. The summed E-state index contributed by atoms with van der Waals surface area (Å²) in [5.74, 6) is -0.886. The molecule has 0 amide bonds. The third kappa shape index (κ3) is 1.36. The van der Waals surface area contributed by atoms with Gasteiger partial charge in [0, 0.05) is 18.0 Å². The van der Waals surface area contributed by atoms with Crippen LogP contribution in [-0.2, 0) is 10.2 Å². The molecule has 2 aromatic heterocycles. The van der Waals surface area contributed by atoms with Crippen LogP contribution < -0.4 is 0 Å². The highest BCUT2D eigenvalue weighted by atomic mass is 16.4. The van der Waals surface area contributed by atoms with E-state index in [-0.39, 0.29) is 0 Å². The molecule has 1 N–H and O–H groups in total. The molecule has 78 valence electrons. The lowest BCUT2D eigenvalue weighted by atomic mass is 9.87. The molecule has 0 spiro atoms. The number of rotatable bonds is 2. The summed E-state index contributed by atoms with van der Waals surface area (Å²) in [6.45, 7) is 3.28. The second-order valence-corrected chi connectivity index (χ2v) is 3.88. The summed E-state index contributed by atoms with van der Waals surface area (Å²) in [4.78, 5) is 15.2. The fourth-order valence-electron chi connectivity index (χ4n) is 1.38. The van der Waals surface area contributed by atoms with Gasteiger partial charge < -0.3 is 5.11 Å². The summed E-state index contributed by atoms with van der Waals surface area (Å²) in [6, 6.07) is 1.75. The Morgan fingerprint density at radius 1 is 1.53 bits per heavy atom. The summed E-state index contributed by atoms with van der Waals surface area (Å²) >= 11 is 0. The number of aromatic nitrogens is 3. The fraction of sp³-hybridized carbons (Fsp3) is 0.300. The van der Waals surface area contributed by atoms with E-state index in [4.69, 9.17) is 5.11 Å². The fourth-order valence-corrected chi connectivity index (χ4v) is 1.38. The smallest absolute Gasteiger partial charge is 0.313 e. The van der Waals surface area contributed by atoms with Gasteiger partial charge in [0.1, 0.15) is 0 Å². The lowest BCUT2D eigenvalue weighted by Crippen LogP contribution is -2.28. The van der Waals surface area contributed by atoms with Crippen LogP contribution in [0.15, 0.2) is 24.7 Å². The molecule has 0 aliphatic rings. The maximum atomic E-state index is 11.1. The molecule has 2 rings (SSSR count). The Labute approximate surface area is 86.4 Å². The Kier molecular flexibility index (Phi) is 1.96. The average molecular weight is 205 g/mol. The molecule has 0 aromatic carbocycles. The van der Waals surface area contributed by atoms with E-state index in [1.807, 2.05) is 0 Å². The van der Waals surface area contributed by atoms with Crippen LogP contribution in [0.3, 0.4) is 0 Å². The van der Waals surface area contributed by atoms with E-state index in [1.54, 1.807) is 43.0 Å². The minimum absolute atomic E-state index is 0.588. The van der Waals surface area contributed by atoms with Crippen LogP contribution in [0.4, 0.5) is 0 Å². The second kappa shape index (κ2) is 3.05. The molecule has 0 unspecified atom stereocenters. The highest BCUT2D eigenvalue weighted by Gasteiger charge is 2.33. The van der Waals surface area contributed by atoms with Crippen LogP contribution in [0.5, 0.6) is 0 Å². The van der Waals surface area contributed by atoms with E-state index >= 15 is 0 Å². The average Bonchev–Trinajstić information content (AvgIpc) is 2.61. The first-order valence-corrected chi connectivity index (χ1v) is 4.55. The molecule has 0 fully saturated rings. The van der Waals surface area contributed by atoms with Gasteiger partial charge in [-0.3, -0.25) is 4.79 Å². The molecule has 15 heavy (non-hydrogen) atoms. The van der Waals surface area contributed by atoms with Crippen molar-refractivity contribution < 1.29 is 9.90 Å². The van der Waals surface area contributed by atoms with Crippen LogP contribution in [0, 0.1) is 0 Å². The van der Waals surface area contributed by atoms with Crippen LogP contribution in [0.2, 0.25) is 0 Å². The zero-order chi connectivity index (χ0) is 11.1. The second-order valence-electron chi connectivity index (χ2n) is 3.88. The number of carboxylic acids is 1. The van der Waals surface area contributed by atoms with E-state index in [1.165, 1.54) is 0 Å². The number of aliphatic carboxylic acids is 1. The minimum Gasteiger partial charge on any atom is -0.481 e. The largest absolute Gasteiger partial charge is 0.481 e. The van der Waals surface area contributed by atoms with E-state index in [0.717, 1.165) is 0 Å². The molecule has 5 heteroatoms. The predicted molar refractivity (Wildman–Crippen MR) is 53.6 cm³/mol. The lowest BCUT2D eigenvalue weighted by Gasteiger charge is -2.16. The van der Waals surface area contributed by atoms with Gasteiger partial charge in [-0.25, -0.2) is 9.50 Å². The number of carboxylic acid groups (broad SMARTS) is 1. The summed E-state index contributed by atoms with van der Waals surface area (Å²) in [5, 5.41) is 13.2. The molecule has 2 aromatic rings. The number of fused-ring (bicyclic) bond motifs is 1. The number of hydrogen-bond donors (Lipinski definition) is 1. The third-order valence-electron chi connectivity index (χ3n) is 2.49. The lowest BCUT2D eigenvalue weighted by molar-refractivity contribution is -0.142. The standard InChI is InChI=1S/C10H11N3O2/c1-10(2,9(14)15)7-6-12-13-5-3-4-11-8(7)13/h3-6H,1-2H3,(H,14,15). The number of nitrogens with zero attached hydrogens (tertiary/aromatic N) is 3. The molecule has 0 aliphatic carbocycles. The molecule has 0 bridgehead atoms. The first-order chi connectivity index (χ1) is 7.03. The molecule has 0 saturated heterocycles. The van der Waals surface area contributed by atoms with Gasteiger partial charge in [0.2, 0.25) is 0 Å². The minimum atomic E-state index is -0.976. The molecular weight excluding hydrogens is 194 g/mol. The van der Waals surface area contributed by atoms with Gasteiger partial charge in [0.05, 0.1) is 11.6 Å². The maximum absolute atomic E-state index is 11.1.